The summed E-state index contributed by atoms with van der Waals surface area (Å²) < 4.78 is 38.5. The molecule has 0 spiro atoms. The van der Waals surface area contributed by atoms with Gasteiger partial charge in [-0.05, 0) is 62.1 Å². The second-order valence-corrected chi connectivity index (χ2v) is 8.58. The lowest BCUT2D eigenvalue weighted by molar-refractivity contribution is -0.137. The summed E-state index contributed by atoms with van der Waals surface area (Å²) in [6.07, 6.45) is 0.209. The third kappa shape index (κ3) is 5.39. The number of alkyl halides is 3. The smallest absolute Gasteiger partial charge is 0.362 e. The highest BCUT2D eigenvalue weighted by atomic mass is 19.4. The lowest BCUT2D eigenvalue weighted by Crippen LogP contribution is -2.45. The molecular weight excluding hydrogens is 415 g/mol. The predicted octanol–water partition coefficient (Wildman–Crippen LogP) is 5.81. The van der Waals surface area contributed by atoms with E-state index in [-0.39, 0.29) is 17.5 Å². The molecule has 0 aromatic heterocycles. The second-order valence-electron chi connectivity index (χ2n) is 8.58. The maximum absolute atomic E-state index is 12.8. The van der Waals surface area contributed by atoms with Crippen molar-refractivity contribution in [3.05, 3.63) is 70.8 Å². The molecule has 0 unspecified atom stereocenters. The summed E-state index contributed by atoms with van der Waals surface area (Å²) in [4.78, 5) is 14.5. The first-order valence-corrected chi connectivity index (χ1v) is 10.6. The summed E-state index contributed by atoms with van der Waals surface area (Å²) in [5, 5.41) is 3.99. The highest BCUT2D eigenvalue weighted by molar-refractivity contribution is 5.88. The minimum atomic E-state index is -4.44. The number of allylic oxidation sites excluding steroid dienone is 1. The Morgan fingerprint density at radius 2 is 1.94 bits per heavy atom. The fraction of sp³-hybridized carbons (Fsp3) is 0.360. The Morgan fingerprint density at radius 3 is 2.62 bits per heavy atom. The largest absolute Gasteiger partial charge is 0.416 e. The Balaban J connectivity index is 1.69. The van der Waals surface area contributed by atoms with E-state index in [4.69, 9.17) is 0 Å². The number of hydrogen-bond acceptors (Lipinski definition) is 3. The van der Waals surface area contributed by atoms with Crippen molar-refractivity contribution >= 4 is 23.4 Å². The van der Waals surface area contributed by atoms with Crippen molar-refractivity contribution in [2.24, 2.45) is 5.10 Å². The maximum atomic E-state index is 12.8. The van der Waals surface area contributed by atoms with Gasteiger partial charge in [0.2, 0.25) is 5.91 Å². The van der Waals surface area contributed by atoms with E-state index in [0.29, 0.717) is 0 Å². The van der Waals surface area contributed by atoms with Gasteiger partial charge in [-0.1, -0.05) is 37.3 Å². The van der Waals surface area contributed by atoms with Gasteiger partial charge in [0.05, 0.1) is 23.7 Å². The van der Waals surface area contributed by atoms with Crippen molar-refractivity contribution in [1.29, 1.82) is 0 Å². The van der Waals surface area contributed by atoms with Crippen molar-refractivity contribution in [3.8, 4) is 0 Å². The highest BCUT2D eigenvalue weighted by Crippen LogP contribution is 2.39. The van der Waals surface area contributed by atoms with E-state index in [0.717, 1.165) is 36.2 Å². The standard InChI is InChI=1S/C25H28F3N3O/c1-5-11-31-22-10-9-19(13-21(22)17(2)15-24(31,3)4)16-29-30-23(32)14-18-7-6-8-20(12-18)25(26,27)28/h6-10,12-13,15-16H,5,11,14H2,1-4H3,(H,30,32)/b29-16+. The molecule has 1 heterocycles. The highest BCUT2D eigenvalue weighted by Gasteiger charge is 2.31. The number of carbonyl (C=O) groups excluding carboxylic acids is 1. The van der Waals surface area contributed by atoms with Crippen molar-refractivity contribution in [2.45, 2.75) is 52.3 Å². The minimum absolute atomic E-state index is 0.0694. The molecule has 3 rings (SSSR count). The zero-order chi connectivity index (χ0) is 23.5. The molecule has 7 heteroatoms. The second kappa shape index (κ2) is 9.18. The molecule has 2 aromatic rings. The summed E-state index contributed by atoms with van der Waals surface area (Å²) in [7, 11) is 0. The lowest BCUT2D eigenvalue weighted by Gasteiger charge is -2.43. The van der Waals surface area contributed by atoms with Gasteiger partial charge in [0, 0.05) is 17.8 Å². The number of rotatable bonds is 6. The molecule has 1 amide bonds. The third-order valence-corrected chi connectivity index (χ3v) is 5.47. The molecule has 0 saturated carbocycles. The molecule has 170 valence electrons. The Bertz CT molecular complexity index is 1050. The summed E-state index contributed by atoms with van der Waals surface area (Å²) in [5.41, 5.74) is 6.13. The van der Waals surface area contributed by atoms with Crippen LogP contribution in [0.4, 0.5) is 18.9 Å². The van der Waals surface area contributed by atoms with Crippen LogP contribution in [0.2, 0.25) is 0 Å². The van der Waals surface area contributed by atoms with Crippen LogP contribution in [0.1, 0.15) is 56.4 Å². The number of halogens is 3. The van der Waals surface area contributed by atoms with Gasteiger partial charge < -0.3 is 4.90 Å². The molecule has 32 heavy (non-hydrogen) atoms. The topological polar surface area (TPSA) is 44.7 Å². The Labute approximate surface area is 186 Å². The van der Waals surface area contributed by atoms with Gasteiger partial charge in [0.15, 0.2) is 0 Å². The Hall–Kier alpha value is -3.09. The first-order valence-electron chi connectivity index (χ1n) is 10.6. The monoisotopic (exact) mass is 443 g/mol. The van der Waals surface area contributed by atoms with Crippen LogP contribution in [0.3, 0.4) is 0 Å². The number of anilines is 1. The van der Waals surface area contributed by atoms with Crippen LogP contribution in [0, 0.1) is 0 Å². The number of hydrogen-bond donors (Lipinski definition) is 1. The zero-order valence-electron chi connectivity index (χ0n) is 18.8. The van der Waals surface area contributed by atoms with Gasteiger partial charge in [-0.25, -0.2) is 5.43 Å². The summed E-state index contributed by atoms with van der Waals surface area (Å²) >= 11 is 0. The first-order chi connectivity index (χ1) is 15.0. The van der Waals surface area contributed by atoms with Crippen molar-refractivity contribution in [1.82, 2.24) is 5.43 Å². The first kappa shape index (κ1) is 23.6. The van der Waals surface area contributed by atoms with Gasteiger partial charge >= 0.3 is 6.18 Å². The number of nitrogens with one attached hydrogen (secondary N) is 1. The molecule has 0 atom stereocenters. The lowest BCUT2D eigenvalue weighted by atomic mass is 9.88. The summed E-state index contributed by atoms with van der Waals surface area (Å²) in [5.74, 6) is -0.481. The van der Waals surface area contributed by atoms with Crippen molar-refractivity contribution < 1.29 is 18.0 Å². The molecule has 0 bridgehead atoms. The normalized spacial score (nSPS) is 15.5. The molecular formula is C25H28F3N3O. The number of hydrazone groups is 1. The summed E-state index contributed by atoms with van der Waals surface area (Å²) in [6, 6.07) is 10.8. The zero-order valence-corrected chi connectivity index (χ0v) is 18.8. The van der Waals surface area contributed by atoms with E-state index >= 15 is 0 Å². The van der Waals surface area contributed by atoms with Crippen LogP contribution in [0.15, 0.2) is 53.6 Å². The van der Waals surface area contributed by atoms with E-state index < -0.39 is 17.6 Å². The molecule has 0 saturated heterocycles. The molecule has 1 aliphatic heterocycles. The van der Waals surface area contributed by atoms with E-state index in [2.05, 4.69) is 55.3 Å². The molecule has 4 nitrogen and oxygen atoms in total. The molecule has 0 radical (unpaired) electrons. The molecule has 0 aliphatic carbocycles. The average molecular weight is 444 g/mol. The van der Waals surface area contributed by atoms with E-state index in [1.807, 2.05) is 12.1 Å². The predicted molar refractivity (Wildman–Crippen MR) is 123 cm³/mol. The number of carbonyl (C=O) groups is 1. The van der Waals surface area contributed by atoms with E-state index in [1.54, 1.807) is 6.21 Å². The van der Waals surface area contributed by atoms with Crippen molar-refractivity contribution in [2.75, 3.05) is 11.4 Å². The molecule has 2 aromatic carbocycles. The number of benzene rings is 2. The van der Waals surface area contributed by atoms with E-state index in [9.17, 15) is 18.0 Å². The number of amides is 1. The van der Waals surface area contributed by atoms with Gasteiger partial charge in [-0.15, -0.1) is 0 Å². The van der Waals surface area contributed by atoms with Crippen LogP contribution in [-0.4, -0.2) is 24.2 Å². The van der Waals surface area contributed by atoms with Crippen LogP contribution < -0.4 is 10.3 Å². The van der Waals surface area contributed by atoms with Gasteiger partial charge in [0.25, 0.3) is 0 Å². The van der Waals surface area contributed by atoms with Gasteiger partial charge in [-0.2, -0.15) is 18.3 Å². The van der Waals surface area contributed by atoms with Gasteiger partial charge in [0.1, 0.15) is 0 Å². The Morgan fingerprint density at radius 1 is 1.19 bits per heavy atom. The van der Waals surface area contributed by atoms with E-state index in [1.165, 1.54) is 23.4 Å². The molecule has 1 N–H and O–H groups in total. The fourth-order valence-electron chi connectivity index (χ4n) is 4.07. The third-order valence-electron chi connectivity index (χ3n) is 5.47. The minimum Gasteiger partial charge on any atom is -0.362 e. The van der Waals surface area contributed by atoms with Crippen LogP contribution in [-0.2, 0) is 17.4 Å². The summed E-state index contributed by atoms with van der Waals surface area (Å²) in [6.45, 7) is 9.59. The number of nitrogens with zero attached hydrogens (tertiary/aromatic N) is 2. The van der Waals surface area contributed by atoms with Crippen LogP contribution in [0.25, 0.3) is 5.57 Å². The van der Waals surface area contributed by atoms with Gasteiger partial charge in [-0.3, -0.25) is 4.79 Å². The Kier molecular flexibility index (Phi) is 6.77. The van der Waals surface area contributed by atoms with Crippen molar-refractivity contribution in [3.63, 3.8) is 0 Å². The van der Waals surface area contributed by atoms with Crippen LogP contribution >= 0.6 is 0 Å². The number of fused-ring (bicyclic) bond motifs is 1. The molecule has 0 fully saturated rings. The fourth-order valence-corrected chi connectivity index (χ4v) is 4.07. The SMILES string of the molecule is CCCN1c2ccc(/C=N/NC(=O)Cc3cccc(C(F)(F)F)c3)cc2C(C)=CC1(C)C. The maximum Gasteiger partial charge on any atom is 0.416 e. The quantitative estimate of drug-likeness (QED) is 0.452. The molecule has 1 aliphatic rings. The van der Waals surface area contributed by atoms with Crippen LogP contribution in [0.5, 0.6) is 0 Å². The average Bonchev–Trinajstić information content (AvgIpc) is 2.70.